The number of carbonyl (C=O) groups excluding carboxylic acids is 2. The monoisotopic (exact) mass is 457 g/mol. The van der Waals surface area contributed by atoms with Crippen LogP contribution < -0.4 is 10.6 Å². The van der Waals surface area contributed by atoms with E-state index in [2.05, 4.69) is 14.9 Å². The third-order valence-electron chi connectivity index (χ3n) is 5.12. The molecule has 0 atom stereocenters. The zero-order chi connectivity index (χ0) is 22.0. The fraction of sp³-hybridized carbons (Fsp3) is 0.238. The molecule has 1 saturated heterocycles. The van der Waals surface area contributed by atoms with Gasteiger partial charge in [0.25, 0.3) is 5.91 Å². The van der Waals surface area contributed by atoms with Crippen LogP contribution in [0.15, 0.2) is 41.9 Å². The molecule has 1 aliphatic rings. The summed E-state index contributed by atoms with van der Waals surface area (Å²) in [7, 11) is 0. The van der Waals surface area contributed by atoms with Crippen molar-refractivity contribution < 1.29 is 14.7 Å². The Hall–Kier alpha value is -3.01. The number of aromatic nitrogens is 2. The van der Waals surface area contributed by atoms with Crippen molar-refractivity contribution >= 4 is 40.4 Å². The topological polar surface area (TPSA) is 113 Å². The van der Waals surface area contributed by atoms with E-state index in [4.69, 9.17) is 22.4 Å². The number of halogens is 1. The molecule has 160 valence electrons. The van der Waals surface area contributed by atoms with Crippen molar-refractivity contribution in [1.82, 2.24) is 14.9 Å². The molecule has 4 rings (SSSR count). The maximum atomic E-state index is 12.0. The first kappa shape index (κ1) is 21.2. The summed E-state index contributed by atoms with van der Waals surface area (Å²) >= 11 is 7.68. The number of hydrogen-bond donors (Lipinski definition) is 2. The SMILES string of the molecule is NC(=O)c1ncc(N2CCN(C(=O)CO)CC2)cc1-c1nc(-c2ccccc2Cl)cs1. The molecule has 3 heterocycles. The van der Waals surface area contributed by atoms with Gasteiger partial charge in [-0.15, -0.1) is 11.3 Å². The normalized spacial score (nSPS) is 14.0. The third kappa shape index (κ3) is 4.39. The van der Waals surface area contributed by atoms with Gasteiger partial charge in [-0.3, -0.25) is 9.59 Å². The van der Waals surface area contributed by atoms with Gasteiger partial charge in [0.05, 0.1) is 17.6 Å². The smallest absolute Gasteiger partial charge is 0.268 e. The molecule has 0 aliphatic carbocycles. The highest BCUT2D eigenvalue weighted by Crippen LogP contribution is 2.35. The van der Waals surface area contributed by atoms with E-state index in [1.54, 1.807) is 17.2 Å². The van der Waals surface area contributed by atoms with E-state index in [9.17, 15) is 9.59 Å². The average Bonchev–Trinajstić information content (AvgIpc) is 3.28. The van der Waals surface area contributed by atoms with Crippen LogP contribution in [0.4, 0.5) is 5.69 Å². The van der Waals surface area contributed by atoms with E-state index >= 15 is 0 Å². The minimum Gasteiger partial charge on any atom is -0.387 e. The summed E-state index contributed by atoms with van der Waals surface area (Å²) in [4.78, 5) is 36.4. The van der Waals surface area contributed by atoms with E-state index in [1.807, 2.05) is 29.6 Å². The fourth-order valence-corrected chi connectivity index (χ4v) is 4.56. The zero-order valence-electron chi connectivity index (χ0n) is 16.5. The van der Waals surface area contributed by atoms with Gasteiger partial charge in [-0.05, 0) is 12.1 Å². The van der Waals surface area contributed by atoms with Gasteiger partial charge >= 0.3 is 0 Å². The number of aliphatic hydroxyl groups excluding tert-OH is 1. The number of aliphatic hydroxyl groups is 1. The van der Waals surface area contributed by atoms with Gasteiger partial charge in [-0.1, -0.05) is 29.8 Å². The lowest BCUT2D eigenvalue weighted by Gasteiger charge is -2.35. The number of rotatable bonds is 5. The van der Waals surface area contributed by atoms with Crippen LogP contribution in [0.2, 0.25) is 5.02 Å². The van der Waals surface area contributed by atoms with Gasteiger partial charge in [-0.2, -0.15) is 0 Å². The fourth-order valence-electron chi connectivity index (χ4n) is 3.49. The Balaban J connectivity index is 1.64. The van der Waals surface area contributed by atoms with Gasteiger partial charge in [-0.25, -0.2) is 9.97 Å². The summed E-state index contributed by atoms with van der Waals surface area (Å²) in [6.07, 6.45) is 1.61. The highest BCUT2D eigenvalue weighted by Gasteiger charge is 2.23. The van der Waals surface area contributed by atoms with Crippen molar-refractivity contribution in [2.24, 2.45) is 5.73 Å². The van der Waals surface area contributed by atoms with Crippen LogP contribution >= 0.6 is 22.9 Å². The summed E-state index contributed by atoms with van der Waals surface area (Å²) in [6, 6.07) is 9.28. The molecular weight excluding hydrogens is 438 g/mol. The van der Waals surface area contributed by atoms with Crippen LogP contribution in [0.25, 0.3) is 21.8 Å². The van der Waals surface area contributed by atoms with Gasteiger partial charge in [0.15, 0.2) is 0 Å². The number of primary amides is 1. The Morgan fingerprint density at radius 3 is 2.58 bits per heavy atom. The van der Waals surface area contributed by atoms with E-state index < -0.39 is 12.5 Å². The maximum Gasteiger partial charge on any atom is 0.268 e. The van der Waals surface area contributed by atoms with Gasteiger partial charge in [0, 0.05) is 47.7 Å². The minimum absolute atomic E-state index is 0.151. The minimum atomic E-state index is -0.630. The molecule has 1 aliphatic heterocycles. The molecule has 0 unspecified atom stereocenters. The molecule has 0 spiro atoms. The molecule has 2 aromatic heterocycles. The van der Waals surface area contributed by atoms with Crippen LogP contribution in [-0.2, 0) is 4.79 Å². The van der Waals surface area contributed by atoms with Crippen LogP contribution in [0.1, 0.15) is 10.5 Å². The van der Waals surface area contributed by atoms with E-state index in [1.165, 1.54) is 11.3 Å². The molecular formula is C21H20ClN5O3S. The highest BCUT2D eigenvalue weighted by atomic mass is 35.5. The van der Waals surface area contributed by atoms with E-state index in [0.717, 1.165) is 11.3 Å². The Morgan fingerprint density at radius 1 is 1.16 bits per heavy atom. The van der Waals surface area contributed by atoms with E-state index in [-0.39, 0.29) is 11.6 Å². The second-order valence-electron chi connectivity index (χ2n) is 7.00. The first-order valence-corrected chi connectivity index (χ1v) is 10.9. The third-order valence-corrected chi connectivity index (χ3v) is 6.33. The Kier molecular flexibility index (Phi) is 6.17. The van der Waals surface area contributed by atoms with Crippen molar-refractivity contribution in [3.8, 4) is 21.8 Å². The van der Waals surface area contributed by atoms with Crippen molar-refractivity contribution in [2.45, 2.75) is 0 Å². The van der Waals surface area contributed by atoms with Crippen LogP contribution in [0.5, 0.6) is 0 Å². The largest absolute Gasteiger partial charge is 0.387 e. The summed E-state index contributed by atoms with van der Waals surface area (Å²) in [6.45, 7) is 1.69. The van der Waals surface area contributed by atoms with Gasteiger partial charge in [0.2, 0.25) is 5.91 Å². The molecule has 2 amide bonds. The van der Waals surface area contributed by atoms with Crippen molar-refractivity contribution in [1.29, 1.82) is 0 Å². The lowest BCUT2D eigenvalue weighted by Crippen LogP contribution is -2.49. The summed E-state index contributed by atoms with van der Waals surface area (Å²) < 4.78 is 0. The number of piperazine rings is 1. The number of amides is 2. The molecule has 3 aromatic rings. The Labute approximate surface area is 187 Å². The first-order valence-electron chi connectivity index (χ1n) is 9.62. The van der Waals surface area contributed by atoms with Crippen LogP contribution in [0.3, 0.4) is 0 Å². The first-order chi connectivity index (χ1) is 15.0. The molecule has 3 N–H and O–H groups in total. The quantitative estimate of drug-likeness (QED) is 0.607. The molecule has 31 heavy (non-hydrogen) atoms. The summed E-state index contributed by atoms with van der Waals surface area (Å²) in [5.41, 5.74) is 8.60. The van der Waals surface area contributed by atoms with Crippen molar-refractivity contribution in [3.63, 3.8) is 0 Å². The number of nitrogens with zero attached hydrogens (tertiary/aromatic N) is 4. The predicted molar refractivity (Wildman–Crippen MR) is 120 cm³/mol. The highest BCUT2D eigenvalue weighted by molar-refractivity contribution is 7.13. The zero-order valence-corrected chi connectivity index (χ0v) is 18.1. The number of carbonyl (C=O) groups is 2. The van der Waals surface area contributed by atoms with E-state index in [0.29, 0.717) is 47.5 Å². The van der Waals surface area contributed by atoms with Crippen LogP contribution in [-0.4, -0.2) is 64.6 Å². The molecule has 0 saturated carbocycles. The number of pyridine rings is 1. The number of nitrogens with two attached hydrogens (primary N) is 1. The second kappa shape index (κ2) is 9.01. The lowest BCUT2D eigenvalue weighted by atomic mass is 10.1. The molecule has 1 fully saturated rings. The number of benzene rings is 1. The summed E-state index contributed by atoms with van der Waals surface area (Å²) in [5, 5.41) is 12.1. The second-order valence-corrected chi connectivity index (χ2v) is 8.26. The van der Waals surface area contributed by atoms with Gasteiger partial charge < -0.3 is 20.6 Å². The van der Waals surface area contributed by atoms with Gasteiger partial charge in [0.1, 0.15) is 17.3 Å². The molecule has 0 bridgehead atoms. The lowest BCUT2D eigenvalue weighted by molar-refractivity contribution is -0.134. The maximum absolute atomic E-state index is 12.0. The number of thiazole rings is 1. The average molecular weight is 458 g/mol. The van der Waals surface area contributed by atoms with Crippen molar-refractivity contribution in [3.05, 3.63) is 52.6 Å². The molecule has 8 nitrogen and oxygen atoms in total. The standard InChI is InChI=1S/C21H20ClN5O3S/c22-16-4-2-1-3-14(16)17-12-31-21(25-17)15-9-13(10-24-19(15)20(23)30)26-5-7-27(8-6-26)18(29)11-28/h1-4,9-10,12,28H,5-8,11H2,(H2,23,30). The predicted octanol–water partition coefficient (Wildman–Crippen LogP) is 2.27. The summed E-state index contributed by atoms with van der Waals surface area (Å²) in [5.74, 6) is -0.910. The molecule has 1 aromatic carbocycles. The Morgan fingerprint density at radius 2 is 1.90 bits per heavy atom. The number of hydrogen-bond acceptors (Lipinski definition) is 7. The number of anilines is 1. The van der Waals surface area contributed by atoms with Crippen molar-refractivity contribution in [2.75, 3.05) is 37.7 Å². The van der Waals surface area contributed by atoms with Crippen LogP contribution in [0, 0.1) is 0 Å². The molecule has 10 heteroatoms. The Bertz CT molecular complexity index is 1130. The molecule has 0 radical (unpaired) electrons.